The van der Waals surface area contributed by atoms with Crippen LogP contribution in [0.5, 0.6) is 0 Å². The maximum Gasteiger partial charge on any atom is 0.419 e. The van der Waals surface area contributed by atoms with Crippen molar-refractivity contribution >= 4 is 37.5 Å². The molecule has 1 fully saturated rings. The van der Waals surface area contributed by atoms with Crippen molar-refractivity contribution < 1.29 is 39.9 Å². The number of benzene rings is 2. The summed E-state index contributed by atoms with van der Waals surface area (Å²) in [5, 5.41) is 2.02. The molecular formula is C18H14BrF5N2O4S. The van der Waals surface area contributed by atoms with Crippen molar-refractivity contribution in [2.45, 2.75) is 23.5 Å². The second kappa shape index (κ2) is 8.11. The van der Waals surface area contributed by atoms with Crippen molar-refractivity contribution in [1.29, 1.82) is 0 Å². The SMILES string of the molecule is CC1(NS(=O)(=O)c2ccc(F)c(C(=O)Nc3ccc(F)c(C(F)(F)F)c3)c2Br)COC1. The number of sulfonamides is 1. The fourth-order valence-corrected chi connectivity index (χ4v) is 5.41. The van der Waals surface area contributed by atoms with Crippen LogP contribution in [0, 0.1) is 11.6 Å². The molecule has 31 heavy (non-hydrogen) atoms. The summed E-state index contributed by atoms with van der Waals surface area (Å²) in [6.45, 7) is 1.82. The third-order valence-corrected chi connectivity index (χ3v) is 7.09. The van der Waals surface area contributed by atoms with E-state index in [0.717, 1.165) is 18.2 Å². The summed E-state index contributed by atoms with van der Waals surface area (Å²) in [4.78, 5) is 12.1. The standard InChI is InChI=1S/C18H14BrF5N2O4S/c1-17(7-30-8-17)26-31(28,29)13-5-4-12(21)14(15(13)19)16(27)25-9-2-3-11(20)10(6-9)18(22,23)24/h2-6,26H,7-8H2,1H3,(H,25,27). The van der Waals surface area contributed by atoms with Gasteiger partial charge < -0.3 is 10.1 Å². The first kappa shape index (κ1) is 23.6. The van der Waals surface area contributed by atoms with Crippen LogP contribution in [-0.2, 0) is 20.9 Å². The van der Waals surface area contributed by atoms with Gasteiger partial charge in [-0.3, -0.25) is 4.79 Å². The van der Waals surface area contributed by atoms with Crippen LogP contribution in [0.4, 0.5) is 27.6 Å². The molecule has 2 N–H and O–H groups in total. The van der Waals surface area contributed by atoms with E-state index in [-0.39, 0.29) is 13.2 Å². The van der Waals surface area contributed by atoms with Crippen LogP contribution in [0.3, 0.4) is 0 Å². The van der Waals surface area contributed by atoms with Gasteiger partial charge in [-0.15, -0.1) is 0 Å². The lowest BCUT2D eigenvalue weighted by atomic mass is 10.0. The van der Waals surface area contributed by atoms with Crippen LogP contribution in [0.25, 0.3) is 0 Å². The number of anilines is 1. The van der Waals surface area contributed by atoms with Gasteiger partial charge in [-0.1, -0.05) is 0 Å². The quantitative estimate of drug-likeness (QED) is 0.573. The van der Waals surface area contributed by atoms with Gasteiger partial charge in [-0.2, -0.15) is 13.2 Å². The number of hydrogen-bond donors (Lipinski definition) is 2. The first-order chi connectivity index (χ1) is 14.2. The summed E-state index contributed by atoms with van der Waals surface area (Å²) in [5.74, 6) is -3.91. The average molecular weight is 529 g/mol. The molecule has 168 valence electrons. The topological polar surface area (TPSA) is 84.5 Å². The van der Waals surface area contributed by atoms with E-state index < -0.39 is 65.5 Å². The number of carbonyl (C=O) groups is 1. The third-order valence-electron chi connectivity index (χ3n) is 4.32. The Labute approximate surface area is 182 Å². The van der Waals surface area contributed by atoms with E-state index in [2.05, 4.69) is 20.7 Å². The molecule has 2 aromatic carbocycles. The van der Waals surface area contributed by atoms with Gasteiger partial charge in [0.05, 0.1) is 39.2 Å². The number of rotatable bonds is 5. The molecule has 0 saturated carbocycles. The fraction of sp³-hybridized carbons (Fsp3) is 0.278. The molecule has 0 aliphatic carbocycles. The molecule has 0 radical (unpaired) electrons. The summed E-state index contributed by atoms with van der Waals surface area (Å²) in [6.07, 6.45) is -5.02. The maximum absolute atomic E-state index is 14.4. The minimum absolute atomic E-state index is 0.116. The predicted molar refractivity (Wildman–Crippen MR) is 103 cm³/mol. The molecule has 0 spiro atoms. The molecule has 1 saturated heterocycles. The zero-order valence-corrected chi connectivity index (χ0v) is 18.0. The van der Waals surface area contributed by atoms with E-state index >= 15 is 0 Å². The van der Waals surface area contributed by atoms with Gasteiger partial charge >= 0.3 is 6.18 Å². The summed E-state index contributed by atoms with van der Waals surface area (Å²) in [7, 11) is -4.21. The van der Waals surface area contributed by atoms with E-state index in [9.17, 15) is 35.2 Å². The number of nitrogens with one attached hydrogen (secondary N) is 2. The molecule has 1 heterocycles. The lowest BCUT2D eigenvalue weighted by Gasteiger charge is -2.38. The van der Waals surface area contributed by atoms with E-state index in [4.69, 9.17) is 4.74 Å². The first-order valence-electron chi connectivity index (χ1n) is 8.51. The van der Waals surface area contributed by atoms with E-state index in [1.807, 2.05) is 5.32 Å². The Morgan fingerprint density at radius 2 is 1.74 bits per heavy atom. The second-order valence-corrected chi connectivity index (χ2v) is 9.48. The van der Waals surface area contributed by atoms with Crippen LogP contribution in [0.2, 0.25) is 0 Å². The van der Waals surface area contributed by atoms with Gasteiger partial charge in [0.2, 0.25) is 10.0 Å². The molecule has 13 heteroatoms. The molecule has 1 aliphatic heterocycles. The number of hydrogen-bond acceptors (Lipinski definition) is 4. The molecule has 1 aliphatic rings. The van der Waals surface area contributed by atoms with Gasteiger partial charge in [-0.25, -0.2) is 21.9 Å². The minimum Gasteiger partial charge on any atom is -0.377 e. The lowest BCUT2D eigenvalue weighted by molar-refractivity contribution is -0.139. The summed E-state index contributed by atoms with van der Waals surface area (Å²) in [6, 6.07) is 3.36. The van der Waals surface area contributed by atoms with Gasteiger partial charge in [0.15, 0.2) is 0 Å². The van der Waals surface area contributed by atoms with E-state index in [0.29, 0.717) is 12.1 Å². The van der Waals surface area contributed by atoms with Crippen LogP contribution < -0.4 is 10.0 Å². The van der Waals surface area contributed by atoms with Crippen molar-refractivity contribution in [1.82, 2.24) is 4.72 Å². The lowest BCUT2D eigenvalue weighted by Crippen LogP contribution is -2.59. The van der Waals surface area contributed by atoms with Gasteiger partial charge in [0.25, 0.3) is 5.91 Å². The first-order valence-corrected chi connectivity index (χ1v) is 10.8. The van der Waals surface area contributed by atoms with Crippen LogP contribution in [-0.4, -0.2) is 33.1 Å². The van der Waals surface area contributed by atoms with Crippen LogP contribution in [0.1, 0.15) is 22.8 Å². The van der Waals surface area contributed by atoms with Crippen molar-refractivity contribution in [3.63, 3.8) is 0 Å². The van der Waals surface area contributed by atoms with E-state index in [1.165, 1.54) is 0 Å². The highest BCUT2D eigenvalue weighted by Crippen LogP contribution is 2.34. The Kier molecular flexibility index (Phi) is 6.17. The van der Waals surface area contributed by atoms with Gasteiger partial charge in [0, 0.05) is 5.69 Å². The normalized spacial score (nSPS) is 16.0. The molecule has 0 aromatic heterocycles. The predicted octanol–water partition coefficient (Wildman–Crippen LogP) is 4.07. The highest BCUT2D eigenvalue weighted by atomic mass is 79.9. The monoisotopic (exact) mass is 528 g/mol. The Balaban J connectivity index is 1.95. The highest BCUT2D eigenvalue weighted by Gasteiger charge is 2.39. The highest BCUT2D eigenvalue weighted by molar-refractivity contribution is 9.10. The van der Waals surface area contributed by atoms with Crippen molar-refractivity contribution in [2.75, 3.05) is 18.5 Å². The molecule has 0 unspecified atom stereocenters. The summed E-state index contributed by atoms with van der Waals surface area (Å²) >= 11 is 2.90. The number of alkyl halides is 3. The second-order valence-electron chi connectivity index (χ2n) is 7.04. The minimum atomic E-state index is -5.02. The molecule has 0 bridgehead atoms. The number of amides is 1. The average Bonchev–Trinajstić information content (AvgIpc) is 2.60. The Morgan fingerprint density at radius 1 is 1.13 bits per heavy atom. The number of carbonyl (C=O) groups excluding carboxylic acids is 1. The van der Waals surface area contributed by atoms with E-state index in [1.54, 1.807) is 6.92 Å². The smallest absolute Gasteiger partial charge is 0.377 e. The Hall–Kier alpha value is -2.09. The fourth-order valence-electron chi connectivity index (χ4n) is 2.81. The molecule has 1 amide bonds. The third kappa shape index (κ3) is 4.89. The van der Waals surface area contributed by atoms with Crippen molar-refractivity contribution in [2.24, 2.45) is 0 Å². The molecule has 3 rings (SSSR count). The van der Waals surface area contributed by atoms with Crippen LogP contribution >= 0.6 is 15.9 Å². The zero-order valence-electron chi connectivity index (χ0n) is 15.6. The largest absolute Gasteiger partial charge is 0.419 e. The zero-order chi connectivity index (χ0) is 23.2. The Bertz CT molecular complexity index is 1150. The molecule has 0 atom stereocenters. The molecule has 6 nitrogen and oxygen atoms in total. The van der Waals surface area contributed by atoms with Crippen molar-refractivity contribution in [3.8, 4) is 0 Å². The Morgan fingerprint density at radius 3 is 2.29 bits per heavy atom. The van der Waals surface area contributed by atoms with Gasteiger partial charge in [-0.05, 0) is 53.2 Å². The number of halogens is 6. The summed E-state index contributed by atoms with van der Waals surface area (Å²) < 4.78 is 98.7. The number of ether oxygens (including phenoxy) is 1. The van der Waals surface area contributed by atoms with Crippen molar-refractivity contribution in [3.05, 3.63) is 57.6 Å². The molecular weight excluding hydrogens is 515 g/mol. The maximum atomic E-state index is 14.4. The molecule has 2 aromatic rings. The van der Waals surface area contributed by atoms with Crippen LogP contribution in [0.15, 0.2) is 39.7 Å². The van der Waals surface area contributed by atoms with Gasteiger partial charge in [0.1, 0.15) is 11.6 Å². The summed E-state index contributed by atoms with van der Waals surface area (Å²) in [5.41, 5.74) is -3.72.